The van der Waals surface area contributed by atoms with Crippen molar-refractivity contribution in [2.45, 2.75) is 12.8 Å². The van der Waals surface area contributed by atoms with Gasteiger partial charge in [0, 0.05) is 16.8 Å². The summed E-state index contributed by atoms with van der Waals surface area (Å²) in [7, 11) is 0. The van der Waals surface area contributed by atoms with Crippen molar-refractivity contribution in [3.8, 4) is 0 Å². The van der Waals surface area contributed by atoms with Gasteiger partial charge in [-0.3, -0.25) is 4.79 Å². The van der Waals surface area contributed by atoms with Gasteiger partial charge in [0.2, 0.25) is 5.91 Å². The number of hydrogen-bond acceptors (Lipinski definition) is 1. The summed E-state index contributed by atoms with van der Waals surface area (Å²) in [6, 6.07) is 5.31. The number of nitrogens with one attached hydrogen (secondary N) is 1. The lowest BCUT2D eigenvalue weighted by atomic mass is 10.3. The van der Waals surface area contributed by atoms with Gasteiger partial charge >= 0.3 is 0 Å². The molecule has 5 heteroatoms. The Labute approximate surface area is 107 Å². The van der Waals surface area contributed by atoms with Crippen molar-refractivity contribution in [3.05, 3.63) is 27.7 Å². The molecule has 0 aliphatic heterocycles. The van der Waals surface area contributed by atoms with Crippen molar-refractivity contribution >= 4 is 50.7 Å². The maximum absolute atomic E-state index is 11.4. The molecule has 1 rings (SSSR count). The van der Waals surface area contributed by atoms with E-state index in [2.05, 4.69) is 21.2 Å². The first-order valence-electron chi connectivity index (χ1n) is 4.44. The lowest BCUT2D eigenvalue weighted by molar-refractivity contribution is -0.116. The number of alkyl halides is 1. The molecule has 1 aromatic rings. The van der Waals surface area contributed by atoms with Crippen molar-refractivity contribution in [2.24, 2.45) is 0 Å². The summed E-state index contributed by atoms with van der Waals surface area (Å²) in [4.78, 5) is 11.4. The number of hydrogen-bond donors (Lipinski definition) is 1. The van der Waals surface area contributed by atoms with E-state index in [4.69, 9.17) is 23.2 Å². The second-order valence-electron chi connectivity index (χ2n) is 2.96. The maximum Gasteiger partial charge on any atom is 0.224 e. The summed E-state index contributed by atoms with van der Waals surface area (Å²) >= 11 is 14.7. The fourth-order valence-corrected chi connectivity index (χ4v) is 1.89. The van der Waals surface area contributed by atoms with E-state index in [9.17, 15) is 4.79 Å². The molecule has 0 unspecified atom stereocenters. The zero-order valence-electron chi connectivity index (χ0n) is 7.90. The molecule has 0 aliphatic carbocycles. The van der Waals surface area contributed by atoms with Gasteiger partial charge in [-0.15, -0.1) is 11.6 Å². The van der Waals surface area contributed by atoms with Gasteiger partial charge in [0.05, 0.1) is 10.7 Å². The van der Waals surface area contributed by atoms with Crippen molar-refractivity contribution in [2.75, 3.05) is 11.2 Å². The zero-order valence-corrected chi connectivity index (χ0v) is 11.0. The molecule has 1 amide bonds. The van der Waals surface area contributed by atoms with E-state index < -0.39 is 0 Å². The maximum atomic E-state index is 11.4. The van der Waals surface area contributed by atoms with Crippen LogP contribution >= 0.6 is 39.1 Å². The first kappa shape index (κ1) is 12.8. The van der Waals surface area contributed by atoms with E-state index in [1.807, 2.05) is 6.07 Å². The van der Waals surface area contributed by atoms with Gasteiger partial charge < -0.3 is 5.32 Å². The van der Waals surface area contributed by atoms with Crippen molar-refractivity contribution < 1.29 is 4.79 Å². The second-order valence-corrected chi connectivity index (χ2v) is 4.67. The Balaban J connectivity index is 2.60. The Kier molecular flexibility index (Phi) is 5.43. The molecule has 15 heavy (non-hydrogen) atoms. The first-order chi connectivity index (χ1) is 7.13. The van der Waals surface area contributed by atoms with Gasteiger partial charge in [-0.2, -0.15) is 0 Å². The van der Waals surface area contributed by atoms with Gasteiger partial charge in [-0.1, -0.05) is 27.5 Å². The summed E-state index contributed by atoms with van der Waals surface area (Å²) in [5.74, 6) is 0.418. The summed E-state index contributed by atoms with van der Waals surface area (Å²) in [5.41, 5.74) is 0.624. The van der Waals surface area contributed by atoms with Gasteiger partial charge in [0.1, 0.15) is 0 Å². The first-order valence-corrected chi connectivity index (χ1v) is 6.15. The van der Waals surface area contributed by atoms with Crippen molar-refractivity contribution in [1.82, 2.24) is 0 Å². The van der Waals surface area contributed by atoms with E-state index in [-0.39, 0.29) is 5.91 Å². The van der Waals surface area contributed by atoms with Crippen molar-refractivity contribution in [3.63, 3.8) is 0 Å². The Morgan fingerprint density at radius 2 is 2.20 bits per heavy atom. The average Bonchev–Trinajstić information content (AvgIpc) is 2.19. The average molecular weight is 311 g/mol. The van der Waals surface area contributed by atoms with Crippen LogP contribution in [0, 0.1) is 0 Å². The van der Waals surface area contributed by atoms with Crippen LogP contribution in [0.15, 0.2) is 22.7 Å². The number of carbonyl (C=O) groups excluding carboxylic acids is 1. The summed E-state index contributed by atoms with van der Waals surface area (Å²) in [6.45, 7) is 0. The lowest BCUT2D eigenvalue weighted by Crippen LogP contribution is -2.11. The van der Waals surface area contributed by atoms with Gasteiger partial charge in [-0.25, -0.2) is 0 Å². The fourth-order valence-electron chi connectivity index (χ4n) is 1.03. The molecule has 0 saturated carbocycles. The monoisotopic (exact) mass is 309 g/mol. The molecule has 0 heterocycles. The molecule has 1 N–H and O–H groups in total. The van der Waals surface area contributed by atoms with Crippen LogP contribution in [0.2, 0.25) is 5.02 Å². The van der Waals surface area contributed by atoms with Crippen LogP contribution in [0.1, 0.15) is 12.8 Å². The number of anilines is 1. The second kappa shape index (κ2) is 6.36. The molecule has 0 radical (unpaired) electrons. The summed E-state index contributed by atoms with van der Waals surface area (Å²) in [5, 5.41) is 3.24. The molecule has 0 aliphatic rings. The van der Waals surface area contributed by atoms with E-state index in [1.165, 1.54) is 0 Å². The molecule has 0 spiro atoms. The molecule has 0 fully saturated rings. The molecule has 0 aromatic heterocycles. The molecule has 0 bridgehead atoms. The van der Waals surface area contributed by atoms with Crippen LogP contribution in [0.3, 0.4) is 0 Å². The lowest BCUT2D eigenvalue weighted by Gasteiger charge is -2.06. The highest BCUT2D eigenvalue weighted by Crippen LogP contribution is 2.25. The molecule has 1 aromatic carbocycles. The summed E-state index contributed by atoms with van der Waals surface area (Å²) in [6.07, 6.45) is 1.08. The normalized spacial score (nSPS) is 10.1. The minimum Gasteiger partial charge on any atom is -0.325 e. The van der Waals surface area contributed by atoms with Gasteiger partial charge in [0.25, 0.3) is 0 Å². The van der Waals surface area contributed by atoms with Crippen LogP contribution in [0.4, 0.5) is 5.69 Å². The molecule has 0 saturated heterocycles. The standard InChI is InChI=1S/C10H10BrCl2NO/c11-7-3-4-9(8(13)6-7)14-10(15)2-1-5-12/h3-4,6H,1-2,5H2,(H,14,15). The van der Waals surface area contributed by atoms with Crippen LogP contribution < -0.4 is 5.32 Å². The molecule has 2 nitrogen and oxygen atoms in total. The molecular weight excluding hydrogens is 301 g/mol. The number of rotatable bonds is 4. The van der Waals surface area contributed by atoms with E-state index in [1.54, 1.807) is 12.1 Å². The third-order valence-corrected chi connectivity index (χ3v) is 2.82. The number of halogens is 3. The van der Waals surface area contributed by atoms with E-state index >= 15 is 0 Å². The highest BCUT2D eigenvalue weighted by atomic mass is 79.9. The van der Waals surface area contributed by atoms with Gasteiger partial charge in [0.15, 0.2) is 0 Å². The third kappa shape index (κ3) is 4.41. The predicted molar refractivity (Wildman–Crippen MR) is 67.7 cm³/mol. The predicted octanol–water partition coefficient (Wildman–Crippen LogP) is 4.06. The third-order valence-electron chi connectivity index (χ3n) is 1.74. The highest BCUT2D eigenvalue weighted by molar-refractivity contribution is 9.10. The zero-order chi connectivity index (χ0) is 11.3. The van der Waals surface area contributed by atoms with E-state index in [0.29, 0.717) is 29.4 Å². The van der Waals surface area contributed by atoms with Gasteiger partial charge in [-0.05, 0) is 24.6 Å². The molecule has 82 valence electrons. The quantitative estimate of drug-likeness (QED) is 0.835. The summed E-state index contributed by atoms with van der Waals surface area (Å²) < 4.78 is 0.881. The molecule has 0 atom stereocenters. The Morgan fingerprint density at radius 1 is 1.47 bits per heavy atom. The van der Waals surface area contributed by atoms with E-state index in [0.717, 1.165) is 4.47 Å². The largest absolute Gasteiger partial charge is 0.325 e. The Bertz CT molecular complexity index is 357. The smallest absolute Gasteiger partial charge is 0.224 e. The van der Waals surface area contributed by atoms with Crippen LogP contribution in [-0.2, 0) is 4.79 Å². The molecular formula is C10H10BrCl2NO. The minimum absolute atomic E-state index is 0.0696. The van der Waals surface area contributed by atoms with Crippen LogP contribution in [-0.4, -0.2) is 11.8 Å². The number of carbonyl (C=O) groups is 1. The minimum atomic E-state index is -0.0696. The SMILES string of the molecule is O=C(CCCCl)Nc1ccc(Br)cc1Cl. The highest BCUT2D eigenvalue weighted by Gasteiger charge is 2.05. The number of amides is 1. The van der Waals surface area contributed by atoms with Crippen LogP contribution in [0.25, 0.3) is 0 Å². The topological polar surface area (TPSA) is 29.1 Å². The Morgan fingerprint density at radius 3 is 2.80 bits per heavy atom. The number of benzene rings is 1. The van der Waals surface area contributed by atoms with Crippen molar-refractivity contribution in [1.29, 1.82) is 0 Å². The fraction of sp³-hybridized carbons (Fsp3) is 0.300. The van der Waals surface area contributed by atoms with Crippen LogP contribution in [0.5, 0.6) is 0 Å². The Hall–Kier alpha value is -0.250.